The van der Waals surface area contributed by atoms with E-state index in [9.17, 15) is 0 Å². The summed E-state index contributed by atoms with van der Waals surface area (Å²) in [5.41, 5.74) is 9.67. The number of nitrogens with one attached hydrogen (secondary N) is 2. The molecule has 0 spiro atoms. The quantitative estimate of drug-likeness (QED) is 0.834. The molecule has 2 unspecified atom stereocenters. The Morgan fingerprint density at radius 1 is 0.962 bits per heavy atom. The molecule has 1 aliphatic carbocycles. The lowest BCUT2D eigenvalue weighted by molar-refractivity contribution is 0.123. The summed E-state index contributed by atoms with van der Waals surface area (Å²) >= 11 is 0. The minimum atomic E-state index is 0.389. The van der Waals surface area contributed by atoms with Gasteiger partial charge in [0.05, 0.1) is 6.04 Å². The second-order valence-electron chi connectivity index (χ2n) is 7.75. The molecule has 4 nitrogen and oxygen atoms in total. The predicted octanol–water partition coefficient (Wildman–Crippen LogP) is 3.68. The van der Waals surface area contributed by atoms with Crippen molar-refractivity contribution in [2.45, 2.75) is 50.7 Å². The van der Waals surface area contributed by atoms with Crippen molar-refractivity contribution >= 4 is 0 Å². The highest BCUT2D eigenvalue weighted by atomic mass is 15.4. The van der Waals surface area contributed by atoms with Gasteiger partial charge in [-0.25, -0.2) is 5.43 Å². The van der Waals surface area contributed by atoms with Crippen LogP contribution < -0.4 is 10.9 Å². The molecule has 2 aromatic rings. The average molecular weight is 351 g/mol. The molecular weight excluding hydrogens is 320 g/mol. The average Bonchev–Trinajstić information content (AvgIpc) is 3.18. The summed E-state index contributed by atoms with van der Waals surface area (Å²) < 4.78 is 0. The van der Waals surface area contributed by atoms with Crippen LogP contribution in [0.2, 0.25) is 0 Å². The first-order chi connectivity index (χ1) is 12.9. The minimum Gasteiger partial charge on any atom is -0.296 e. The number of nitrogens with zero attached hydrogens (tertiary/aromatic N) is 2. The minimum absolute atomic E-state index is 0.389. The molecule has 1 saturated carbocycles. The van der Waals surface area contributed by atoms with Crippen LogP contribution in [0.1, 0.15) is 49.3 Å². The molecule has 4 rings (SSSR count). The lowest BCUT2D eigenvalue weighted by Gasteiger charge is -2.37. The van der Waals surface area contributed by atoms with Crippen LogP contribution in [0.4, 0.5) is 0 Å². The predicted molar refractivity (Wildman–Crippen MR) is 105 cm³/mol. The highest BCUT2D eigenvalue weighted by Gasteiger charge is 2.32. The highest BCUT2D eigenvalue weighted by molar-refractivity contribution is 5.21. The van der Waals surface area contributed by atoms with Crippen molar-refractivity contribution in [3.8, 4) is 0 Å². The number of hydrogen-bond donors (Lipinski definition) is 2. The zero-order valence-corrected chi connectivity index (χ0v) is 15.5. The van der Waals surface area contributed by atoms with Gasteiger partial charge in [0.2, 0.25) is 0 Å². The third-order valence-corrected chi connectivity index (χ3v) is 5.95. The van der Waals surface area contributed by atoms with Gasteiger partial charge < -0.3 is 0 Å². The molecule has 0 amide bonds. The Bertz CT molecular complexity index is 654. The molecule has 2 heterocycles. The first kappa shape index (κ1) is 17.7. The van der Waals surface area contributed by atoms with E-state index >= 15 is 0 Å². The summed E-state index contributed by atoms with van der Waals surface area (Å²) in [7, 11) is 0. The molecular formula is C22H30N4. The molecule has 1 aliphatic heterocycles. The van der Waals surface area contributed by atoms with Gasteiger partial charge in [0.15, 0.2) is 0 Å². The van der Waals surface area contributed by atoms with Crippen LogP contribution >= 0.6 is 0 Å². The fourth-order valence-corrected chi connectivity index (χ4v) is 4.53. The van der Waals surface area contributed by atoms with Gasteiger partial charge in [-0.2, -0.15) is 0 Å². The van der Waals surface area contributed by atoms with Crippen LogP contribution in [-0.4, -0.2) is 29.0 Å². The molecule has 2 N–H and O–H groups in total. The summed E-state index contributed by atoms with van der Waals surface area (Å²) in [4.78, 5) is 6.92. The molecule has 1 aromatic heterocycles. The molecule has 2 aliphatic rings. The summed E-state index contributed by atoms with van der Waals surface area (Å²) in [6, 6.07) is 16.3. The molecule has 1 saturated heterocycles. The fraction of sp³-hybridized carbons (Fsp3) is 0.500. The molecule has 26 heavy (non-hydrogen) atoms. The van der Waals surface area contributed by atoms with Crippen LogP contribution in [0.15, 0.2) is 54.9 Å². The highest BCUT2D eigenvalue weighted by Crippen LogP contribution is 2.30. The Balaban J connectivity index is 1.49. The maximum Gasteiger partial charge on any atom is 0.0515 e. The maximum absolute atomic E-state index is 4.18. The Morgan fingerprint density at radius 3 is 2.50 bits per heavy atom. The number of rotatable bonds is 6. The Kier molecular flexibility index (Phi) is 5.95. The van der Waals surface area contributed by atoms with Crippen molar-refractivity contribution in [3.05, 3.63) is 66.0 Å². The Morgan fingerprint density at radius 2 is 1.73 bits per heavy atom. The van der Waals surface area contributed by atoms with Crippen molar-refractivity contribution < 1.29 is 0 Å². The van der Waals surface area contributed by atoms with Crippen molar-refractivity contribution in [2.24, 2.45) is 5.92 Å². The van der Waals surface area contributed by atoms with E-state index in [-0.39, 0.29) is 0 Å². The van der Waals surface area contributed by atoms with E-state index in [2.05, 4.69) is 63.2 Å². The van der Waals surface area contributed by atoms with Crippen LogP contribution in [-0.2, 0) is 6.54 Å². The SMILES string of the molecule is c1ccc(C2NNCC2CN(Cc2ccncc2)C2CCCCC2)cc1. The van der Waals surface area contributed by atoms with Crippen molar-refractivity contribution in [2.75, 3.05) is 13.1 Å². The first-order valence-electron chi connectivity index (χ1n) is 10.1. The smallest absolute Gasteiger partial charge is 0.0515 e. The van der Waals surface area contributed by atoms with Crippen molar-refractivity contribution in [1.29, 1.82) is 0 Å². The number of hydrazine groups is 1. The van der Waals surface area contributed by atoms with E-state index in [0.29, 0.717) is 18.0 Å². The maximum atomic E-state index is 4.18. The zero-order chi connectivity index (χ0) is 17.6. The van der Waals surface area contributed by atoms with Gasteiger partial charge >= 0.3 is 0 Å². The molecule has 0 bridgehead atoms. The number of hydrogen-bond acceptors (Lipinski definition) is 4. The molecule has 2 atom stereocenters. The summed E-state index contributed by atoms with van der Waals surface area (Å²) in [6.45, 7) is 3.19. The van der Waals surface area contributed by atoms with Gasteiger partial charge in [0.1, 0.15) is 0 Å². The second-order valence-corrected chi connectivity index (χ2v) is 7.75. The van der Waals surface area contributed by atoms with E-state index in [1.54, 1.807) is 0 Å². The Hall–Kier alpha value is -1.75. The van der Waals surface area contributed by atoms with Gasteiger partial charge in [-0.15, -0.1) is 0 Å². The molecule has 0 radical (unpaired) electrons. The Labute approximate surface area is 157 Å². The first-order valence-corrected chi connectivity index (χ1v) is 10.1. The largest absolute Gasteiger partial charge is 0.296 e. The third kappa shape index (κ3) is 4.32. The van der Waals surface area contributed by atoms with E-state index in [1.807, 2.05) is 12.4 Å². The summed E-state index contributed by atoms with van der Waals surface area (Å²) in [5, 5.41) is 0. The van der Waals surface area contributed by atoms with Crippen LogP contribution in [0, 0.1) is 5.92 Å². The third-order valence-electron chi connectivity index (χ3n) is 5.95. The van der Waals surface area contributed by atoms with E-state index in [1.165, 1.54) is 43.2 Å². The molecule has 4 heteroatoms. The van der Waals surface area contributed by atoms with Crippen molar-refractivity contribution in [3.63, 3.8) is 0 Å². The lowest BCUT2D eigenvalue weighted by Crippen LogP contribution is -2.41. The van der Waals surface area contributed by atoms with E-state index in [4.69, 9.17) is 0 Å². The van der Waals surface area contributed by atoms with Crippen LogP contribution in [0.3, 0.4) is 0 Å². The zero-order valence-electron chi connectivity index (χ0n) is 15.5. The number of aromatic nitrogens is 1. The topological polar surface area (TPSA) is 40.2 Å². The van der Waals surface area contributed by atoms with Crippen LogP contribution in [0.25, 0.3) is 0 Å². The van der Waals surface area contributed by atoms with E-state index in [0.717, 1.165) is 19.6 Å². The van der Waals surface area contributed by atoms with E-state index < -0.39 is 0 Å². The number of pyridine rings is 1. The summed E-state index contributed by atoms with van der Waals surface area (Å²) in [6.07, 6.45) is 10.7. The standard InChI is InChI=1S/C22H30N4/c1-3-7-19(8-4-1)22-20(15-24-25-22)17-26(21-9-5-2-6-10-21)16-18-11-13-23-14-12-18/h1,3-4,7-8,11-14,20-22,24-25H,2,5-6,9-10,15-17H2. The number of benzene rings is 1. The normalized spacial score (nSPS) is 24.2. The van der Waals surface area contributed by atoms with Gasteiger partial charge in [-0.3, -0.25) is 15.3 Å². The second kappa shape index (κ2) is 8.76. The summed E-state index contributed by atoms with van der Waals surface area (Å²) in [5.74, 6) is 0.584. The van der Waals surface area contributed by atoms with Crippen LogP contribution in [0.5, 0.6) is 0 Å². The molecule has 138 valence electrons. The van der Waals surface area contributed by atoms with Gasteiger partial charge in [0, 0.05) is 44.0 Å². The molecule has 2 fully saturated rings. The van der Waals surface area contributed by atoms with Gasteiger partial charge in [-0.05, 0) is 36.1 Å². The fourth-order valence-electron chi connectivity index (χ4n) is 4.53. The molecule has 1 aromatic carbocycles. The lowest BCUT2D eigenvalue weighted by atomic mass is 9.90. The monoisotopic (exact) mass is 350 g/mol. The van der Waals surface area contributed by atoms with Crippen molar-refractivity contribution in [1.82, 2.24) is 20.7 Å². The van der Waals surface area contributed by atoms with Gasteiger partial charge in [0.25, 0.3) is 0 Å². The van der Waals surface area contributed by atoms with Gasteiger partial charge in [-0.1, -0.05) is 49.6 Å².